The number of Topliss-reactive ketones (excluding diaryl/α,β-unsaturated/α-hetero) is 1. The number of hydroxylamine groups is 1. The summed E-state index contributed by atoms with van der Waals surface area (Å²) in [5.74, 6) is -0.842. The largest absolute Gasteiger partial charge is 0.372 e. The highest BCUT2D eigenvalue weighted by Crippen LogP contribution is 2.22. The van der Waals surface area contributed by atoms with Gasteiger partial charge in [-0.1, -0.05) is 24.6 Å². The molecule has 0 spiro atoms. The van der Waals surface area contributed by atoms with Crippen molar-refractivity contribution < 1.29 is 14.8 Å². The molecule has 1 saturated heterocycles. The Labute approximate surface area is 142 Å². The van der Waals surface area contributed by atoms with Crippen LogP contribution in [-0.4, -0.2) is 30.0 Å². The lowest BCUT2D eigenvalue weighted by Gasteiger charge is -2.17. The van der Waals surface area contributed by atoms with E-state index < -0.39 is 5.91 Å². The summed E-state index contributed by atoms with van der Waals surface area (Å²) >= 11 is 0. The van der Waals surface area contributed by atoms with Crippen molar-refractivity contribution in [3.63, 3.8) is 0 Å². The Bertz CT molecular complexity index is 641. The van der Waals surface area contributed by atoms with Gasteiger partial charge in [0.1, 0.15) is 0 Å². The molecule has 128 valence electrons. The van der Waals surface area contributed by atoms with E-state index in [0.717, 1.165) is 18.7 Å². The van der Waals surface area contributed by atoms with Crippen molar-refractivity contribution in [2.45, 2.75) is 26.7 Å². The van der Waals surface area contributed by atoms with Gasteiger partial charge in [0, 0.05) is 36.3 Å². The molecule has 24 heavy (non-hydrogen) atoms. The number of hydrogen-bond acceptors (Lipinski definition) is 4. The fraction of sp³-hybridized carbons (Fsp3) is 0.368. The van der Waals surface area contributed by atoms with Crippen molar-refractivity contribution in [1.29, 1.82) is 0 Å². The number of benzene rings is 1. The fourth-order valence-corrected chi connectivity index (χ4v) is 2.84. The van der Waals surface area contributed by atoms with Gasteiger partial charge >= 0.3 is 0 Å². The van der Waals surface area contributed by atoms with E-state index in [0.29, 0.717) is 5.56 Å². The molecule has 1 unspecified atom stereocenters. The zero-order valence-electron chi connectivity index (χ0n) is 14.2. The van der Waals surface area contributed by atoms with E-state index in [-0.39, 0.29) is 11.7 Å². The van der Waals surface area contributed by atoms with E-state index in [1.807, 2.05) is 31.2 Å². The van der Waals surface area contributed by atoms with Crippen LogP contribution in [0.5, 0.6) is 0 Å². The Morgan fingerprint density at radius 3 is 2.38 bits per heavy atom. The second-order valence-electron chi connectivity index (χ2n) is 6.11. The topological polar surface area (TPSA) is 69.6 Å². The van der Waals surface area contributed by atoms with E-state index in [1.165, 1.54) is 30.1 Å². The molecule has 1 amide bonds. The van der Waals surface area contributed by atoms with Gasteiger partial charge in [0.25, 0.3) is 5.91 Å². The molecule has 0 radical (unpaired) electrons. The summed E-state index contributed by atoms with van der Waals surface area (Å²) in [4.78, 5) is 25.8. The summed E-state index contributed by atoms with van der Waals surface area (Å²) in [5, 5.41) is 8.44. The smallest absolute Gasteiger partial charge is 0.267 e. The second-order valence-corrected chi connectivity index (χ2v) is 6.11. The summed E-state index contributed by atoms with van der Waals surface area (Å²) in [6.07, 6.45) is 7.03. The Balaban J connectivity index is 2.01. The molecule has 1 aliphatic rings. The molecule has 0 saturated carbocycles. The highest BCUT2D eigenvalue weighted by atomic mass is 16.5. The van der Waals surface area contributed by atoms with Crippen molar-refractivity contribution in [1.82, 2.24) is 5.48 Å². The summed E-state index contributed by atoms with van der Waals surface area (Å²) in [7, 11) is 0. The summed E-state index contributed by atoms with van der Waals surface area (Å²) in [5.41, 5.74) is 4.17. The third kappa shape index (κ3) is 4.80. The molecule has 0 aliphatic carbocycles. The van der Waals surface area contributed by atoms with Gasteiger partial charge in [-0.2, -0.15) is 0 Å². The Morgan fingerprint density at radius 2 is 1.79 bits per heavy atom. The van der Waals surface area contributed by atoms with Crippen molar-refractivity contribution in [2.24, 2.45) is 5.92 Å². The molecule has 0 aromatic heterocycles. The molecule has 5 heteroatoms. The van der Waals surface area contributed by atoms with Crippen molar-refractivity contribution in [2.75, 3.05) is 18.0 Å². The van der Waals surface area contributed by atoms with Crippen LogP contribution in [-0.2, 0) is 4.79 Å². The van der Waals surface area contributed by atoms with Crippen LogP contribution in [0.3, 0.4) is 0 Å². The Kier molecular flexibility index (Phi) is 6.32. The molecule has 0 bridgehead atoms. The van der Waals surface area contributed by atoms with Crippen LogP contribution in [0.1, 0.15) is 37.0 Å². The second kappa shape index (κ2) is 8.45. The van der Waals surface area contributed by atoms with Gasteiger partial charge in [-0.05, 0) is 44.0 Å². The van der Waals surface area contributed by atoms with Crippen LogP contribution in [0.4, 0.5) is 5.69 Å². The number of nitrogens with zero attached hydrogens (tertiary/aromatic N) is 1. The average molecular weight is 328 g/mol. The number of anilines is 1. The number of nitrogens with one attached hydrogen (secondary N) is 1. The van der Waals surface area contributed by atoms with Gasteiger partial charge in [-0.3, -0.25) is 14.8 Å². The summed E-state index contributed by atoms with van der Waals surface area (Å²) in [6, 6.07) is 7.77. The Hall–Kier alpha value is -2.40. The molecule has 2 rings (SSSR count). The summed E-state index contributed by atoms with van der Waals surface area (Å²) < 4.78 is 0. The monoisotopic (exact) mass is 328 g/mol. The predicted octanol–water partition coefficient (Wildman–Crippen LogP) is 3.11. The van der Waals surface area contributed by atoms with E-state index in [2.05, 4.69) is 4.90 Å². The quantitative estimate of drug-likeness (QED) is 0.277. The fourth-order valence-electron chi connectivity index (χ4n) is 2.84. The molecule has 1 aliphatic heterocycles. The van der Waals surface area contributed by atoms with Crippen LogP contribution < -0.4 is 10.4 Å². The zero-order chi connectivity index (χ0) is 17.5. The first-order valence-corrected chi connectivity index (χ1v) is 8.21. The standard InChI is InChI=1S/C19H24N2O3/c1-14(5-10-18(22)20-24)13-15(2)19(23)16-6-8-17(9-7-16)21-11-3-4-12-21/h5-10,13,15,24H,3-4,11-12H2,1-2H3,(H,20,22). The average Bonchev–Trinajstić information content (AvgIpc) is 3.13. The van der Waals surface area contributed by atoms with E-state index in [9.17, 15) is 9.59 Å². The van der Waals surface area contributed by atoms with Crippen LogP contribution >= 0.6 is 0 Å². The maximum Gasteiger partial charge on any atom is 0.267 e. The predicted molar refractivity (Wildman–Crippen MR) is 94.2 cm³/mol. The van der Waals surface area contributed by atoms with E-state index in [4.69, 9.17) is 5.21 Å². The molecule has 1 heterocycles. The van der Waals surface area contributed by atoms with Gasteiger partial charge in [-0.25, -0.2) is 5.48 Å². The van der Waals surface area contributed by atoms with Gasteiger partial charge in [0.2, 0.25) is 0 Å². The summed E-state index contributed by atoms with van der Waals surface area (Å²) in [6.45, 7) is 5.81. The number of carbonyl (C=O) groups excluding carboxylic acids is 2. The van der Waals surface area contributed by atoms with Gasteiger partial charge in [0.15, 0.2) is 5.78 Å². The van der Waals surface area contributed by atoms with Crippen molar-refractivity contribution >= 4 is 17.4 Å². The van der Waals surface area contributed by atoms with E-state index >= 15 is 0 Å². The molecule has 1 fully saturated rings. The van der Waals surface area contributed by atoms with Crippen LogP contribution in [0.15, 0.2) is 48.1 Å². The molecular weight excluding hydrogens is 304 g/mol. The lowest BCUT2D eigenvalue weighted by Crippen LogP contribution is -2.17. The SMILES string of the molecule is CC(C=CC(=O)NO)=CC(C)C(=O)c1ccc(N2CCCC2)cc1. The van der Waals surface area contributed by atoms with E-state index in [1.54, 1.807) is 19.1 Å². The number of hydrogen-bond donors (Lipinski definition) is 2. The number of ketones is 1. The van der Waals surface area contributed by atoms with Crippen molar-refractivity contribution in [3.8, 4) is 0 Å². The van der Waals surface area contributed by atoms with Gasteiger partial charge in [0.05, 0.1) is 0 Å². The molecular formula is C19H24N2O3. The third-order valence-corrected chi connectivity index (χ3v) is 4.16. The zero-order valence-corrected chi connectivity index (χ0v) is 14.2. The highest BCUT2D eigenvalue weighted by molar-refractivity contribution is 5.99. The number of amides is 1. The minimum absolute atomic E-state index is 0.0438. The Morgan fingerprint density at radius 1 is 1.17 bits per heavy atom. The molecule has 2 N–H and O–H groups in total. The molecule has 5 nitrogen and oxygen atoms in total. The lowest BCUT2D eigenvalue weighted by molar-refractivity contribution is -0.124. The normalized spacial score (nSPS) is 16.5. The lowest BCUT2D eigenvalue weighted by atomic mass is 9.97. The minimum Gasteiger partial charge on any atom is -0.372 e. The van der Waals surface area contributed by atoms with Gasteiger partial charge < -0.3 is 4.90 Å². The molecule has 1 atom stereocenters. The molecule has 1 aromatic carbocycles. The maximum absolute atomic E-state index is 12.5. The van der Waals surface area contributed by atoms with Crippen LogP contribution in [0.2, 0.25) is 0 Å². The first kappa shape index (κ1) is 17.9. The van der Waals surface area contributed by atoms with Crippen LogP contribution in [0.25, 0.3) is 0 Å². The molecule has 1 aromatic rings. The first-order chi connectivity index (χ1) is 11.5. The maximum atomic E-state index is 12.5. The van der Waals surface area contributed by atoms with Crippen LogP contribution in [0, 0.1) is 5.92 Å². The third-order valence-electron chi connectivity index (χ3n) is 4.16. The number of carbonyl (C=O) groups is 2. The highest BCUT2D eigenvalue weighted by Gasteiger charge is 2.15. The first-order valence-electron chi connectivity index (χ1n) is 8.21. The minimum atomic E-state index is -0.598. The van der Waals surface area contributed by atoms with Gasteiger partial charge in [-0.15, -0.1) is 0 Å². The van der Waals surface area contributed by atoms with Crippen molar-refractivity contribution in [3.05, 3.63) is 53.6 Å². The number of rotatable bonds is 6. The number of allylic oxidation sites excluding steroid dienone is 3.